The van der Waals surface area contributed by atoms with Gasteiger partial charge < -0.3 is 41.0 Å². The third-order valence-electron chi connectivity index (χ3n) is 9.06. The van der Waals surface area contributed by atoms with E-state index in [4.69, 9.17) is 30.0 Å². The van der Waals surface area contributed by atoms with Crippen molar-refractivity contribution in [3.05, 3.63) is 12.7 Å². The van der Waals surface area contributed by atoms with Crippen molar-refractivity contribution in [3.8, 4) is 0 Å². The highest BCUT2D eigenvalue weighted by Gasteiger charge is 2.48. The molecule has 0 bridgehead atoms. The Bertz CT molecular complexity index is 1570. The molecule has 9 atom stereocenters. The van der Waals surface area contributed by atoms with Crippen LogP contribution in [0.1, 0.15) is 32.9 Å². The largest absolute Gasteiger partial charge is 0.408 e. The molecule has 48 heavy (non-hydrogen) atoms. The van der Waals surface area contributed by atoms with Crippen LogP contribution in [0.15, 0.2) is 22.6 Å². The SMILES string of the molecule is CCN(CC)CCN(C)P(=O)(OCC1OC(N2C=NC3C(=O)NC(N)=NC32)CC1O)OC1CC(n2cnc3c(N)ncnc32)OC1CO. The second kappa shape index (κ2) is 14.3. The molecule has 0 aliphatic carbocycles. The van der Waals surface area contributed by atoms with Crippen LogP contribution >= 0.6 is 7.75 Å². The lowest BCUT2D eigenvalue weighted by atomic mass is 10.1. The van der Waals surface area contributed by atoms with Crippen molar-refractivity contribution in [2.75, 3.05) is 52.2 Å². The third kappa shape index (κ3) is 6.76. The summed E-state index contributed by atoms with van der Waals surface area (Å²) in [5, 5.41) is 23.6. The first kappa shape index (κ1) is 34.5. The molecule has 0 spiro atoms. The molecule has 7 N–H and O–H groups in total. The number of hydrogen-bond acceptors (Lipinski definition) is 17. The summed E-state index contributed by atoms with van der Waals surface area (Å²) >= 11 is 0. The lowest BCUT2D eigenvalue weighted by Crippen LogP contribution is -2.55. The lowest BCUT2D eigenvalue weighted by Gasteiger charge is -2.33. The third-order valence-corrected chi connectivity index (χ3v) is 11.1. The van der Waals surface area contributed by atoms with Crippen molar-refractivity contribution in [1.82, 2.24) is 39.3 Å². The molecule has 2 aromatic heterocycles. The van der Waals surface area contributed by atoms with E-state index in [9.17, 15) is 19.6 Å². The predicted octanol–water partition coefficient (Wildman–Crippen LogP) is -1.57. The monoisotopic (exact) mass is 694 g/mol. The van der Waals surface area contributed by atoms with Crippen LogP contribution in [0.3, 0.4) is 0 Å². The number of fused-ring (bicyclic) bond motifs is 2. The number of anilines is 1. The average molecular weight is 695 g/mol. The molecule has 0 saturated carbocycles. The summed E-state index contributed by atoms with van der Waals surface area (Å²) < 4.78 is 42.4. The molecule has 4 aliphatic heterocycles. The first-order valence-electron chi connectivity index (χ1n) is 15.9. The molecule has 21 heteroatoms. The van der Waals surface area contributed by atoms with Crippen molar-refractivity contribution in [2.45, 2.75) is 75.8 Å². The van der Waals surface area contributed by atoms with Gasteiger partial charge in [-0.1, -0.05) is 13.8 Å². The lowest BCUT2D eigenvalue weighted by molar-refractivity contribution is -0.123. The summed E-state index contributed by atoms with van der Waals surface area (Å²) in [4.78, 5) is 37.2. The molecule has 2 fully saturated rings. The van der Waals surface area contributed by atoms with E-state index >= 15 is 0 Å². The Hall–Kier alpha value is -3.33. The number of imidazole rings is 1. The van der Waals surface area contributed by atoms with Gasteiger partial charge in [-0.3, -0.25) is 28.7 Å². The maximum atomic E-state index is 14.7. The number of nitrogen functional groups attached to an aromatic ring is 1. The second-order valence-corrected chi connectivity index (χ2v) is 14.0. The first-order valence-corrected chi connectivity index (χ1v) is 17.4. The molecule has 0 radical (unpaired) electrons. The molecule has 4 aliphatic rings. The number of aliphatic hydroxyl groups excluding tert-OH is 2. The van der Waals surface area contributed by atoms with E-state index < -0.39 is 63.4 Å². The summed E-state index contributed by atoms with van der Waals surface area (Å²) in [6.45, 7) is 5.93. The number of nitrogens with zero attached hydrogens (tertiary/aromatic N) is 9. The minimum Gasteiger partial charge on any atom is -0.394 e. The predicted molar refractivity (Wildman–Crippen MR) is 171 cm³/mol. The van der Waals surface area contributed by atoms with Gasteiger partial charge in [0.1, 0.15) is 42.6 Å². The molecular weight excluding hydrogens is 651 g/mol. The molecule has 9 unspecified atom stereocenters. The van der Waals surface area contributed by atoms with Gasteiger partial charge >= 0.3 is 7.75 Å². The van der Waals surface area contributed by atoms with Crippen molar-refractivity contribution < 1.29 is 38.1 Å². The zero-order valence-electron chi connectivity index (χ0n) is 27.0. The molecule has 264 valence electrons. The molecule has 0 aromatic carbocycles. The molecule has 20 nitrogen and oxygen atoms in total. The Morgan fingerprint density at radius 3 is 2.65 bits per heavy atom. The van der Waals surface area contributed by atoms with Gasteiger partial charge in [0.25, 0.3) is 5.91 Å². The highest BCUT2D eigenvalue weighted by molar-refractivity contribution is 7.51. The maximum absolute atomic E-state index is 14.7. The van der Waals surface area contributed by atoms with Crippen LogP contribution < -0.4 is 16.8 Å². The normalized spacial score (nSPS) is 31.5. The molecule has 1 amide bonds. The van der Waals surface area contributed by atoms with E-state index in [-0.39, 0.29) is 37.1 Å². The summed E-state index contributed by atoms with van der Waals surface area (Å²) in [5.41, 5.74) is 12.6. The Labute approximate surface area is 276 Å². The summed E-state index contributed by atoms with van der Waals surface area (Å²) in [6, 6.07) is -0.788. The Kier molecular flexibility index (Phi) is 10.3. The van der Waals surface area contributed by atoms with Gasteiger partial charge in [-0.2, -0.15) is 0 Å². The van der Waals surface area contributed by atoms with Crippen LogP contribution in [-0.4, -0.2) is 152 Å². The van der Waals surface area contributed by atoms with E-state index in [0.717, 1.165) is 13.1 Å². The topological polar surface area (TPSA) is 254 Å². The van der Waals surface area contributed by atoms with Gasteiger partial charge in [0.05, 0.1) is 32.0 Å². The standard InChI is InChI=1S/C27H43N12O8P/c1-4-37(5-2)7-6-36(3)48(43,47-16-9-20(45-17(16)10-40)38-13-32-21-23(28)30-12-31-24(21)38)44-11-18-15(41)8-19(46-18)39-14-33-22-25(39)34-27(29)35-26(22)42/h12-20,22,25,40-41H,4-11H2,1-3H3,(H2,28,30,31)(H3,29,34,35,42). The number of carbonyl (C=O) groups excluding carboxylic acids is 1. The highest BCUT2D eigenvalue weighted by atomic mass is 31.2. The Morgan fingerprint density at radius 1 is 1.12 bits per heavy atom. The van der Waals surface area contributed by atoms with E-state index in [2.05, 4.69) is 35.2 Å². The van der Waals surface area contributed by atoms with Gasteiger partial charge in [0.15, 0.2) is 29.6 Å². The van der Waals surface area contributed by atoms with Crippen molar-refractivity contribution in [3.63, 3.8) is 0 Å². The van der Waals surface area contributed by atoms with Crippen LogP contribution in [0.2, 0.25) is 0 Å². The molecule has 6 rings (SSSR count). The molecule has 6 heterocycles. The summed E-state index contributed by atoms with van der Waals surface area (Å²) in [6.07, 6.45) is -1.00. The number of rotatable bonds is 14. The van der Waals surface area contributed by atoms with E-state index in [0.29, 0.717) is 24.3 Å². The number of amides is 1. The fraction of sp³-hybridized carbons (Fsp3) is 0.704. The molecular formula is C27H43N12O8P. The number of aliphatic imine (C=N–C) groups is 2. The number of aromatic nitrogens is 4. The van der Waals surface area contributed by atoms with Crippen molar-refractivity contribution in [2.24, 2.45) is 15.7 Å². The molecule has 2 aromatic rings. The number of carbonyl (C=O) groups is 1. The zero-order chi connectivity index (χ0) is 34.2. The van der Waals surface area contributed by atoms with Gasteiger partial charge in [-0.05, 0) is 20.1 Å². The van der Waals surface area contributed by atoms with Crippen molar-refractivity contribution in [1.29, 1.82) is 0 Å². The number of nitrogens with two attached hydrogens (primary N) is 2. The molecule has 2 saturated heterocycles. The maximum Gasteiger partial charge on any atom is 0.408 e. The zero-order valence-corrected chi connectivity index (χ0v) is 27.9. The van der Waals surface area contributed by atoms with E-state index in [1.165, 1.54) is 23.7 Å². The minimum atomic E-state index is -4.09. The van der Waals surface area contributed by atoms with Gasteiger partial charge in [0, 0.05) is 25.9 Å². The summed E-state index contributed by atoms with van der Waals surface area (Å²) in [5.74, 6) is -0.195. The summed E-state index contributed by atoms with van der Waals surface area (Å²) in [7, 11) is -2.45. The number of guanidine groups is 1. The van der Waals surface area contributed by atoms with E-state index in [1.807, 2.05) is 13.8 Å². The highest BCUT2D eigenvalue weighted by Crippen LogP contribution is 2.55. The van der Waals surface area contributed by atoms with Gasteiger partial charge in [0.2, 0.25) is 0 Å². The minimum absolute atomic E-state index is 0.0287. The smallest absolute Gasteiger partial charge is 0.394 e. The van der Waals surface area contributed by atoms with Crippen LogP contribution in [0, 0.1) is 0 Å². The van der Waals surface area contributed by atoms with Crippen LogP contribution in [0.5, 0.6) is 0 Å². The van der Waals surface area contributed by atoms with Crippen LogP contribution in [0.4, 0.5) is 5.82 Å². The van der Waals surface area contributed by atoms with Crippen LogP contribution in [0.25, 0.3) is 11.2 Å². The first-order chi connectivity index (χ1) is 23.0. The number of nitrogens with one attached hydrogen (secondary N) is 1. The number of aliphatic hydroxyl groups is 2. The van der Waals surface area contributed by atoms with Crippen molar-refractivity contribution >= 4 is 42.9 Å². The fourth-order valence-electron chi connectivity index (χ4n) is 6.19. The Morgan fingerprint density at radius 2 is 1.90 bits per heavy atom. The van der Waals surface area contributed by atoms with Crippen LogP contribution in [-0.2, 0) is 27.9 Å². The average Bonchev–Trinajstić information content (AvgIpc) is 3.85. The second-order valence-electron chi connectivity index (χ2n) is 12.0. The number of hydrogen-bond donors (Lipinski definition) is 5. The van der Waals surface area contributed by atoms with E-state index in [1.54, 1.807) is 16.5 Å². The Balaban J connectivity index is 1.17. The van der Waals surface area contributed by atoms with Gasteiger partial charge in [-0.15, -0.1) is 0 Å². The quantitative estimate of drug-likeness (QED) is 0.140. The number of likely N-dealkylation sites (N-methyl/N-ethyl adjacent to an activating group) is 2. The van der Waals surface area contributed by atoms with Gasteiger partial charge in [-0.25, -0.2) is 29.2 Å². The fourth-order valence-corrected chi connectivity index (χ4v) is 7.84. The number of ether oxygens (including phenoxy) is 2.